The molecular formula is C22H16BrN3O3. The van der Waals surface area contributed by atoms with Crippen molar-refractivity contribution in [3.63, 3.8) is 0 Å². The number of hydrogen-bond donors (Lipinski definition) is 1. The van der Waals surface area contributed by atoms with E-state index < -0.39 is 0 Å². The van der Waals surface area contributed by atoms with Gasteiger partial charge in [-0.3, -0.25) is 4.79 Å². The number of methoxy groups -OCH3 is 1. The fraction of sp³-hybridized carbons (Fsp3) is 0.0455. The van der Waals surface area contributed by atoms with Gasteiger partial charge in [-0.05, 0) is 24.3 Å². The minimum Gasteiger partial charge on any atom is -0.504 e. The Balaban J connectivity index is 1.94. The van der Waals surface area contributed by atoms with Crippen molar-refractivity contribution in [2.75, 3.05) is 7.11 Å². The minimum absolute atomic E-state index is 0.0671. The molecule has 0 aliphatic heterocycles. The maximum atomic E-state index is 13.1. The normalized spacial score (nSPS) is 11.2. The highest BCUT2D eigenvalue weighted by molar-refractivity contribution is 9.10. The molecule has 0 amide bonds. The Kier molecular flexibility index (Phi) is 5.14. The third-order valence-corrected chi connectivity index (χ3v) is 4.85. The summed E-state index contributed by atoms with van der Waals surface area (Å²) < 4.78 is 7.12. The zero-order valence-corrected chi connectivity index (χ0v) is 17.0. The number of benzene rings is 3. The van der Waals surface area contributed by atoms with E-state index in [-0.39, 0.29) is 11.3 Å². The van der Waals surface area contributed by atoms with Gasteiger partial charge in [0.2, 0.25) is 0 Å². The number of aromatic hydroxyl groups is 1. The lowest BCUT2D eigenvalue weighted by atomic mass is 10.2. The first-order chi connectivity index (χ1) is 14.1. The third kappa shape index (κ3) is 3.64. The average molecular weight is 450 g/mol. The lowest BCUT2D eigenvalue weighted by Crippen LogP contribution is -2.20. The molecule has 3 aromatic carbocycles. The van der Waals surface area contributed by atoms with Gasteiger partial charge in [-0.1, -0.05) is 58.4 Å². The summed E-state index contributed by atoms with van der Waals surface area (Å²) in [6.45, 7) is 0. The highest BCUT2D eigenvalue weighted by atomic mass is 79.9. The van der Waals surface area contributed by atoms with Crippen LogP contribution in [0.1, 0.15) is 5.56 Å². The number of phenols is 1. The van der Waals surface area contributed by atoms with E-state index in [0.717, 1.165) is 5.56 Å². The maximum Gasteiger partial charge on any atom is 0.282 e. The van der Waals surface area contributed by atoms with Gasteiger partial charge in [0, 0.05) is 15.6 Å². The summed E-state index contributed by atoms with van der Waals surface area (Å²) in [6.07, 6.45) is 1.41. The largest absolute Gasteiger partial charge is 0.504 e. The molecule has 0 saturated heterocycles. The van der Waals surface area contributed by atoms with E-state index in [4.69, 9.17) is 4.74 Å². The molecule has 4 aromatic rings. The summed E-state index contributed by atoms with van der Waals surface area (Å²) in [6, 6.07) is 19.8. The van der Waals surface area contributed by atoms with Crippen LogP contribution in [0.4, 0.5) is 0 Å². The van der Waals surface area contributed by atoms with Gasteiger partial charge in [0.05, 0.1) is 24.2 Å². The number of para-hydroxylation sites is 1. The van der Waals surface area contributed by atoms with Crippen molar-refractivity contribution in [2.24, 2.45) is 5.10 Å². The van der Waals surface area contributed by atoms with E-state index in [1.807, 2.05) is 36.4 Å². The van der Waals surface area contributed by atoms with Crippen molar-refractivity contribution >= 4 is 33.0 Å². The van der Waals surface area contributed by atoms with Crippen LogP contribution in [-0.2, 0) is 0 Å². The number of halogens is 1. The number of aromatic nitrogens is 2. The van der Waals surface area contributed by atoms with Crippen LogP contribution in [0.2, 0.25) is 0 Å². The van der Waals surface area contributed by atoms with E-state index in [9.17, 15) is 9.90 Å². The third-order valence-electron chi connectivity index (χ3n) is 4.39. The van der Waals surface area contributed by atoms with Crippen molar-refractivity contribution in [1.29, 1.82) is 0 Å². The first-order valence-corrected chi connectivity index (χ1v) is 9.56. The number of nitrogens with zero attached hydrogens (tertiary/aromatic N) is 3. The number of fused-ring (bicyclic) bond motifs is 1. The molecule has 1 aromatic heterocycles. The van der Waals surface area contributed by atoms with Gasteiger partial charge in [-0.15, -0.1) is 0 Å². The van der Waals surface area contributed by atoms with Crippen LogP contribution < -0.4 is 10.3 Å². The zero-order valence-electron chi connectivity index (χ0n) is 15.4. The fourth-order valence-corrected chi connectivity index (χ4v) is 3.43. The van der Waals surface area contributed by atoms with Gasteiger partial charge >= 0.3 is 0 Å². The summed E-state index contributed by atoms with van der Waals surface area (Å²) in [5, 5.41) is 15.2. The van der Waals surface area contributed by atoms with Crippen LogP contribution in [0.15, 0.2) is 81.1 Å². The van der Waals surface area contributed by atoms with E-state index in [2.05, 4.69) is 26.0 Å². The average Bonchev–Trinajstić information content (AvgIpc) is 2.75. The van der Waals surface area contributed by atoms with Gasteiger partial charge < -0.3 is 9.84 Å². The van der Waals surface area contributed by atoms with Gasteiger partial charge in [-0.2, -0.15) is 9.78 Å². The predicted octanol–water partition coefficient (Wildman–Crippen LogP) is 4.42. The lowest BCUT2D eigenvalue weighted by Gasteiger charge is -2.10. The molecule has 0 atom stereocenters. The molecule has 6 nitrogen and oxygen atoms in total. The van der Waals surface area contributed by atoms with E-state index in [1.165, 1.54) is 18.0 Å². The number of hydrogen-bond acceptors (Lipinski definition) is 5. The Morgan fingerprint density at radius 3 is 2.59 bits per heavy atom. The SMILES string of the molecule is COc1cc(Br)cc(C=Nn2c(-c3ccccc3)nc3ccccc3c2=O)c1O. The van der Waals surface area contributed by atoms with Crippen molar-refractivity contribution in [2.45, 2.75) is 0 Å². The van der Waals surface area contributed by atoms with Gasteiger partial charge in [0.1, 0.15) is 0 Å². The monoisotopic (exact) mass is 449 g/mol. The molecule has 0 aliphatic rings. The molecule has 0 fully saturated rings. The number of phenolic OH excluding ortho intramolecular Hbond substituents is 1. The Bertz CT molecular complexity index is 1280. The quantitative estimate of drug-likeness (QED) is 0.467. The van der Waals surface area contributed by atoms with Crippen molar-refractivity contribution in [1.82, 2.24) is 9.66 Å². The lowest BCUT2D eigenvalue weighted by molar-refractivity contribution is 0.373. The summed E-state index contributed by atoms with van der Waals surface area (Å²) in [7, 11) is 1.47. The van der Waals surface area contributed by atoms with Crippen molar-refractivity contribution in [3.05, 3.63) is 87.1 Å². The molecule has 0 unspecified atom stereocenters. The summed E-state index contributed by atoms with van der Waals surface area (Å²) in [5.41, 5.74) is 1.45. The van der Waals surface area contributed by atoms with Crippen LogP contribution in [0, 0.1) is 0 Å². The van der Waals surface area contributed by atoms with Crippen LogP contribution in [0.5, 0.6) is 11.5 Å². The van der Waals surface area contributed by atoms with Gasteiger partial charge in [0.15, 0.2) is 17.3 Å². The van der Waals surface area contributed by atoms with Crippen molar-refractivity contribution in [3.8, 4) is 22.9 Å². The smallest absolute Gasteiger partial charge is 0.282 e. The second-order valence-electron chi connectivity index (χ2n) is 6.23. The molecule has 144 valence electrons. The molecule has 4 rings (SSSR count). The molecule has 0 bridgehead atoms. The van der Waals surface area contributed by atoms with Crippen LogP contribution in [0.25, 0.3) is 22.3 Å². The first kappa shape index (κ1) is 18.9. The molecule has 0 saturated carbocycles. The molecule has 29 heavy (non-hydrogen) atoms. The maximum absolute atomic E-state index is 13.1. The predicted molar refractivity (Wildman–Crippen MR) is 117 cm³/mol. The highest BCUT2D eigenvalue weighted by Gasteiger charge is 2.13. The van der Waals surface area contributed by atoms with Crippen LogP contribution >= 0.6 is 15.9 Å². The van der Waals surface area contributed by atoms with Gasteiger partial charge in [-0.25, -0.2) is 4.98 Å². The fourth-order valence-electron chi connectivity index (χ4n) is 2.97. The summed E-state index contributed by atoms with van der Waals surface area (Å²) in [5.74, 6) is 0.641. The topological polar surface area (TPSA) is 76.7 Å². The minimum atomic E-state index is -0.299. The summed E-state index contributed by atoms with van der Waals surface area (Å²) >= 11 is 3.38. The number of ether oxygens (including phenoxy) is 1. The molecule has 1 heterocycles. The molecule has 1 N–H and O–H groups in total. The second kappa shape index (κ2) is 7.89. The molecular weight excluding hydrogens is 434 g/mol. The van der Waals surface area contributed by atoms with E-state index >= 15 is 0 Å². The van der Waals surface area contributed by atoms with Gasteiger partial charge in [0.25, 0.3) is 5.56 Å². The van der Waals surface area contributed by atoms with E-state index in [1.54, 1.807) is 30.3 Å². The Hall–Kier alpha value is -3.45. The Morgan fingerprint density at radius 1 is 1.10 bits per heavy atom. The van der Waals surface area contributed by atoms with Crippen molar-refractivity contribution < 1.29 is 9.84 Å². The van der Waals surface area contributed by atoms with E-state index in [0.29, 0.717) is 32.5 Å². The molecule has 7 heteroatoms. The standard InChI is InChI=1S/C22H16BrN3O3/c1-29-19-12-16(23)11-15(20(19)27)13-24-26-21(14-7-3-2-4-8-14)25-18-10-6-5-9-17(18)22(26)28/h2-13,27H,1H3. The summed E-state index contributed by atoms with van der Waals surface area (Å²) in [4.78, 5) is 17.8. The van der Waals surface area contributed by atoms with Crippen LogP contribution in [-0.4, -0.2) is 28.1 Å². The Labute approximate surface area is 174 Å². The first-order valence-electron chi connectivity index (χ1n) is 8.76. The molecule has 0 spiro atoms. The molecule has 0 radical (unpaired) electrons. The zero-order chi connectivity index (χ0) is 20.4. The van der Waals surface area contributed by atoms with Crippen LogP contribution in [0.3, 0.4) is 0 Å². The molecule has 0 aliphatic carbocycles. The second-order valence-corrected chi connectivity index (χ2v) is 7.14. The Morgan fingerprint density at radius 2 is 1.83 bits per heavy atom. The number of rotatable bonds is 4. The highest BCUT2D eigenvalue weighted by Crippen LogP contribution is 2.32.